The lowest BCUT2D eigenvalue weighted by Crippen LogP contribution is -2.46. The highest BCUT2D eigenvalue weighted by Gasteiger charge is 2.33. The van der Waals surface area contributed by atoms with Gasteiger partial charge in [-0.3, -0.25) is 4.79 Å². The van der Waals surface area contributed by atoms with E-state index in [1.807, 2.05) is 18.7 Å². The highest BCUT2D eigenvalue weighted by molar-refractivity contribution is 6.02. The number of benzene rings is 1. The van der Waals surface area contributed by atoms with Crippen molar-refractivity contribution in [3.63, 3.8) is 0 Å². The Kier molecular flexibility index (Phi) is 5.02. The van der Waals surface area contributed by atoms with E-state index in [4.69, 9.17) is 4.74 Å². The zero-order chi connectivity index (χ0) is 19.7. The normalized spacial score (nSPS) is 21.2. The van der Waals surface area contributed by atoms with Crippen molar-refractivity contribution in [3.05, 3.63) is 36.3 Å². The number of ether oxygens (including phenoxy) is 1. The van der Waals surface area contributed by atoms with E-state index < -0.39 is 0 Å². The lowest BCUT2D eigenvalue weighted by molar-refractivity contribution is -0.117. The molecule has 1 saturated carbocycles. The molecule has 1 aliphatic carbocycles. The predicted octanol–water partition coefficient (Wildman–Crippen LogP) is 2.83. The summed E-state index contributed by atoms with van der Waals surface area (Å²) in [5.41, 5.74) is 0.761. The third-order valence-electron chi connectivity index (χ3n) is 5.21. The highest BCUT2D eigenvalue weighted by Crippen LogP contribution is 2.33. The fraction of sp³-hybridized carbons (Fsp3) is 0.450. The van der Waals surface area contributed by atoms with Gasteiger partial charge in [0.15, 0.2) is 5.82 Å². The van der Waals surface area contributed by atoms with E-state index >= 15 is 0 Å². The molecule has 1 amide bonds. The van der Waals surface area contributed by atoms with Gasteiger partial charge < -0.3 is 19.9 Å². The van der Waals surface area contributed by atoms with Crippen LogP contribution in [0.4, 0.5) is 21.8 Å². The van der Waals surface area contributed by atoms with Gasteiger partial charge in [-0.2, -0.15) is 4.98 Å². The summed E-state index contributed by atoms with van der Waals surface area (Å²) in [6, 6.07) is 6.31. The number of anilines is 3. The first-order valence-electron chi connectivity index (χ1n) is 9.68. The summed E-state index contributed by atoms with van der Waals surface area (Å²) in [6.45, 7) is 5.61. The number of nitrogens with one attached hydrogen (secondary N) is 1. The Bertz CT molecular complexity index is 854. The summed E-state index contributed by atoms with van der Waals surface area (Å²) in [5.74, 6) is 1.83. The molecular formula is C20H24FN5O2. The Morgan fingerprint density at radius 2 is 1.96 bits per heavy atom. The molecule has 1 fully saturated rings. The first-order valence-corrected chi connectivity index (χ1v) is 9.68. The fourth-order valence-electron chi connectivity index (χ4n) is 3.59. The van der Waals surface area contributed by atoms with Gasteiger partial charge in [0.2, 0.25) is 11.9 Å². The molecule has 7 nitrogen and oxygen atoms in total. The quantitative estimate of drug-likeness (QED) is 0.825. The summed E-state index contributed by atoms with van der Waals surface area (Å²) < 4.78 is 18.8. The molecule has 0 saturated heterocycles. The molecule has 2 aliphatic rings. The molecule has 1 aromatic heterocycles. The van der Waals surface area contributed by atoms with Crippen molar-refractivity contribution in [1.82, 2.24) is 9.97 Å². The number of aromatic nitrogens is 2. The molecular weight excluding hydrogens is 361 g/mol. The molecule has 0 radical (unpaired) electrons. The van der Waals surface area contributed by atoms with Crippen molar-refractivity contribution in [1.29, 1.82) is 0 Å². The van der Waals surface area contributed by atoms with Crippen LogP contribution in [0.15, 0.2) is 30.5 Å². The Morgan fingerprint density at radius 3 is 2.64 bits per heavy atom. The Hall–Kier alpha value is -2.90. The van der Waals surface area contributed by atoms with Crippen LogP contribution in [0.5, 0.6) is 5.75 Å². The smallest absolute Gasteiger partial charge is 0.246 e. The highest BCUT2D eigenvalue weighted by atomic mass is 19.1. The van der Waals surface area contributed by atoms with E-state index in [0.717, 1.165) is 24.3 Å². The number of rotatable bonds is 6. The van der Waals surface area contributed by atoms with Crippen LogP contribution in [0.2, 0.25) is 0 Å². The summed E-state index contributed by atoms with van der Waals surface area (Å²) in [5, 5.41) is 3.35. The van der Waals surface area contributed by atoms with Gasteiger partial charge in [-0.25, -0.2) is 9.37 Å². The van der Waals surface area contributed by atoms with E-state index in [1.165, 1.54) is 12.1 Å². The van der Waals surface area contributed by atoms with Gasteiger partial charge in [-0.1, -0.05) is 0 Å². The molecule has 0 spiro atoms. The Morgan fingerprint density at radius 1 is 1.21 bits per heavy atom. The van der Waals surface area contributed by atoms with E-state index in [1.54, 1.807) is 23.2 Å². The minimum absolute atomic E-state index is 0.0703. The molecule has 148 valence electrons. The molecule has 28 heavy (non-hydrogen) atoms. The second-order valence-corrected chi connectivity index (χ2v) is 7.06. The maximum atomic E-state index is 13.0. The average Bonchev–Trinajstić information content (AvgIpc) is 2.67. The molecule has 4 rings (SSSR count). The Balaban J connectivity index is 1.39. The van der Waals surface area contributed by atoms with Crippen molar-refractivity contribution in [2.75, 3.05) is 34.8 Å². The lowest BCUT2D eigenvalue weighted by atomic mass is 9.89. The van der Waals surface area contributed by atoms with Gasteiger partial charge in [-0.05, 0) is 38.1 Å². The third kappa shape index (κ3) is 3.58. The van der Waals surface area contributed by atoms with Gasteiger partial charge in [0.05, 0.1) is 12.7 Å². The molecule has 1 N–H and O–H groups in total. The SMILES string of the molecule is CCN1CC(=O)N(CC)c2cnc(N[C@H]3C[C@H](Oc4ccc(F)cc4)C3)nc21. The number of hydrogen-bond donors (Lipinski definition) is 1. The second-order valence-electron chi connectivity index (χ2n) is 7.06. The van der Waals surface area contributed by atoms with Crippen LogP contribution in [-0.2, 0) is 4.79 Å². The standard InChI is InChI=1S/C20H24FN5O2/c1-3-25-12-18(27)26(4-2)17-11-22-20(24-19(17)25)23-14-9-16(10-14)28-15-7-5-13(21)6-8-15/h5-8,11,14,16H,3-4,9-10,12H2,1-2H3,(H,22,23,24)/t14-,16-. The van der Waals surface area contributed by atoms with Crippen LogP contribution < -0.4 is 19.9 Å². The minimum Gasteiger partial charge on any atom is -0.490 e. The average molecular weight is 385 g/mol. The number of nitrogens with zero attached hydrogens (tertiary/aromatic N) is 4. The molecule has 1 aromatic carbocycles. The van der Waals surface area contributed by atoms with Crippen molar-refractivity contribution >= 4 is 23.4 Å². The van der Waals surface area contributed by atoms with Crippen molar-refractivity contribution < 1.29 is 13.9 Å². The van der Waals surface area contributed by atoms with E-state index in [0.29, 0.717) is 31.3 Å². The number of amides is 1. The molecule has 0 unspecified atom stereocenters. The van der Waals surface area contributed by atoms with E-state index in [-0.39, 0.29) is 23.9 Å². The summed E-state index contributed by atoms with van der Waals surface area (Å²) in [6.07, 6.45) is 3.48. The van der Waals surface area contributed by atoms with Crippen LogP contribution in [0, 0.1) is 5.82 Å². The van der Waals surface area contributed by atoms with Crippen LogP contribution in [0.1, 0.15) is 26.7 Å². The van der Waals surface area contributed by atoms with E-state index in [2.05, 4.69) is 15.3 Å². The Labute approximate surface area is 163 Å². The summed E-state index contributed by atoms with van der Waals surface area (Å²) in [7, 11) is 0. The van der Waals surface area contributed by atoms with Crippen LogP contribution in [0.3, 0.4) is 0 Å². The van der Waals surface area contributed by atoms with Crippen LogP contribution >= 0.6 is 0 Å². The van der Waals surface area contributed by atoms with Gasteiger partial charge in [0.1, 0.15) is 23.4 Å². The number of carbonyl (C=O) groups excluding carboxylic acids is 1. The lowest BCUT2D eigenvalue weighted by Gasteiger charge is -2.37. The van der Waals surface area contributed by atoms with Gasteiger partial charge in [0.25, 0.3) is 0 Å². The summed E-state index contributed by atoms with van der Waals surface area (Å²) in [4.78, 5) is 25.0. The number of halogens is 1. The molecule has 2 aromatic rings. The number of carbonyl (C=O) groups is 1. The third-order valence-corrected chi connectivity index (χ3v) is 5.21. The van der Waals surface area contributed by atoms with Gasteiger partial charge in [-0.15, -0.1) is 0 Å². The second kappa shape index (κ2) is 7.61. The first kappa shape index (κ1) is 18.5. The van der Waals surface area contributed by atoms with Crippen molar-refractivity contribution in [3.8, 4) is 5.75 Å². The number of hydrogen-bond acceptors (Lipinski definition) is 6. The zero-order valence-corrected chi connectivity index (χ0v) is 16.1. The van der Waals surface area contributed by atoms with Crippen LogP contribution in [-0.4, -0.2) is 47.7 Å². The van der Waals surface area contributed by atoms with Gasteiger partial charge in [0, 0.05) is 32.0 Å². The van der Waals surface area contributed by atoms with Crippen molar-refractivity contribution in [2.45, 2.75) is 38.8 Å². The zero-order valence-electron chi connectivity index (χ0n) is 16.1. The molecule has 0 atom stereocenters. The monoisotopic (exact) mass is 385 g/mol. The molecule has 0 bridgehead atoms. The molecule has 2 heterocycles. The number of fused-ring (bicyclic) bond motifs is 1. The van der Waals surface area contributed by atoms with Crippen LogP contribution in [0.25, 0.3) is 0 Å². The minimum atomic E-state index is -0.269. The van der Waals surface area contributed by atoms with Crippen molar-refractivity contribution in [2.24, 2.45) is 0 Å². The van der Waals surface area contributed by atoms with Gasteiger partial charge >= 0.3 is 0 Å². The predicted molar refractivity (Wildman–Crippen MR) is 105 cm³/mol. The largest absolute Gasteiger partial charge is 0.490 e. The van der Waals surface area contributed by atoms with E-state index in [9.17, 15) is 9.18 Å². The fourth-order valence-corrected chi connectivity index (χ4v) is 3.59. The maximum absolute atomic E-state index is 13.0. The molecule has 1 aliphatic heterocycles. The maximum Gasteiger partial charge on any atom is 0.246 e. The number of likely N-dealkylation sites (N-methyl/N-ethyl adjacent to an activating group) is 2. The molecule has 8 heteroatoms. The topological polar surface area (TPSA) is 70.6 Å². The first-order chi connectivity index (χ1) is 13.6. The summed E-state index contributed by atoms with van der Waals surface area (Å²) >= 11 is 0.